The lowest BCUT2D eigenvalue weighted by Crippen LogP contribution is -2.30. The van der Waals surface area contributed by atoms with Gasteiger partial charge in [0.2, 0.25) is 0 Å². The van der Waals surface area contributed by atoms with Crippen LogP contribution in [-0.4, -0.2) is 15.2 Å². The van der Waals surface area contributed by atoms with Crippen LogP contribution in [0.5, 0.6) is 0 Å². The molecule has 7 heteroatoms. The minimum Gasteiger partial charge on any atom is -0.270 e. The van der Waals surface area contributed by atoms with Gasteiger partial charge >= 0.3 is 0 Å². The van der Waals surface area contributed by atoms with Gasteiger partial charge in [-0.1, -0.05) is 12.1 Å². The van der Waals surface area contributed by atoms with Gasteiger partial charge < -0.3 is 0 Å². The molecule has 0 amide bonds. The molecule has 0 saturated heterocycles. The van der Waals surface area contributed by atoms with Gasteiger partial charge in [-0.3, -0.25) is 10.9 Å². The molecule has 0 saturated carbocycles. The Balaban J connectivity index is 2.45. The van der Waals surface area contributed by atoms with Crippen molar-refractivity contribution in [2.75, 3.05) is 0 Å². The van der Waals surface area contributed by atoms with Crippen LogP contribution in [-0.2, 0) is 0 Å². The molecule has 1 aromatic carbocycles. The molecule has 2 aromatic rings. The van der Waals surface area contributed by atoms with Gasteiger partial charge in [0, 0.05) is 5.56 Å². The largest absolute Gasteiger partial charge is 0.270 e. The Kier molecular flexibility index (Phi) is 3.28. The molecule has 1 heterocycles. The maximum Gasteiger partial charge on any atom is 0.147 e. The number of halogens is 2. The average molecular weight is 286 g/mol. The van der Waals surface area contributed by atoms with Crippen molar-refractivity contribution in [3.8, 4) is 0 Å². The highest BCUT2D eigenvalue weighted by molar-refractivity contribution is 9.10. The first-order valence-electron chi connectivity index (χ1n) is 4.49. The normalized spacial score (nSPS) is 12.7. The molecule has 0 aliphatic heterocycles. The predicted molar refractivity (Wildman–Crippen MR) is 59.6 cm³/mol. The highest BCUT2D eigenvalue weighted by Crippen LogP contribution is 2.25. The number of nitrogens with zero attached hydrogens (tertiary/aromatic N) is 2. The van der Waals surface area contributed by atoms with Crippen molar-refractivity contribution < 1.29 is 4.39 Å². The molecular weight excluding hydrogens is 277 g/mol. The van der Waals surface area contributed by atoms with Gasteiger partial charge in [-0.2, -0.15) is 5.10 Å². The van der Waals surface area contributed by atoms with E-state index in [1.165, 1.54) is 6.33 Å². The summed E-state index contributed by atoms with van der Waals surface area (Å²) in [5.74, 6) is 5.48. The second-order valence-corrected chi connectivity index (χ2v) is 3.97. The van der Waals surface area contributed by atoms with Crippen LogP contribution < -0.4 is 11.3 Å². The second kappa shape index (κ2) is 4.69. The first kappa shape index (κ1) is 11.2. The topological polar surface area (TPSA) is 79.6 Å². The van der Waals surface area contributed by atoms with Crippen molar-refractivity contribution in [2.45, 2.75) is 6.04 Å². The molecule has 1 atom stereocenters. The maximum absolute atomic E-state index is 13.8. The van der Waals surface area contributed by atoms with Crippen molar-refractivity contribution >= 4 is 15.9 Å². The van der Waals surface area contributed by atoms with E-state index in [1.807, 2.05) is 0 Å². The van der Waals surface area contributed by atoms with E-state index >= 15 is 0 Å². The van der Waals surface area contributed by atoms with E-state index in [0.29, 0.717) is 15.9 Å². The minimum absolute atomic E-state index is 0.373. The standard InChI is InChI=1S/C9H9BrFN5/c10-6-3-1-2-5(7(6)11)8(15-12)9-13-4-14-16-9/h1-4,8,15H,12H2,(H,13,14,16). The van der Waals surface area contributed by atoms with Crippen LogP contribution in [0, 0.1) is 5.82 Å². The molecule has 0 aliphatic carbocycles. The lowest BCUT2D eigenvalue weighted by Gasteiger charge is -2.14. The molecule has 5 nitrogen and oxygen atoms in total. The quantitative estimate of drug-likeness (QED) is 0.586. The van der Waals surface area contributed by atoms with Crippen molar-refractivity contribution in [3.63, 3.8) is 0 Å². The van der Waals surface area contributed by atoms with E-state index in [-0.39, 0.29) is 5.82 Å². The van der Waals surface area contributed by atoms with E-state index in [4.69, 9.17) is 5.84 Å². The summed E-state index contributed by atoms with van der Waals surface area (Å²) >= 11 is 3.12. The lowest BCUT2D eigenvalue weighted by molar-refractivity contribution is 0.541. The van der Waals surface area contributed by atoms with Crippen LogP contribution in [0.4, 0.5) is 4.39 Å². The van der Waals surface area contributed by atoms with E-state index in [9.17, 15) is 4.39 Å². The summed E-state index contributed by atoms with van der Waals surface area (Å²) in [6.07, 6.45) is 1.34. The molecule has 1 aromatic heterocycles. The Morgan fingerprint density at radius 3 is 2.94 bits per heavy atom. The number of hydrogen-bond acceptors (Lipinski definition) is 4. The summed E-state index contributed by atoms with van der Waals surface area (Å²) in [6.45, 7) is 0. The van der Waals surface area contributed by atoms with Crippen LogP contribution in [0.15, 0.2) is 29.0 Å². The van der Waals surface area contributed by atoms with E-state index in [0.717, 1.165) is 0 Å². The number of rotatable bonds is 3. The highest BCUT2D eigenvalue weighted by atomic mass is 79.9. The Bertz CT molecular complexity index is 473. The molecule has 2 rings (SSSR count). The number of H-pyrrole nitrogens is 1. The predicted octanol–water partition coefficient (Wildman–Crippen LogP) is 1.26. The zero-order valence-electron chi connectivity index (χ0n) is 8.11. The van der Waals surface area contributed by atoms with E-state index in [2.05, 4.69) is 36.5 Å². The van der Waals surface area contributed by atoms with Crippen LogP contribution in [0.1, 0.15) is 17.4 Å². The Labute approximate surface area is 99.4 Å². The Morgan fingerprint density at radius 1 is 1.50 bits per heavy atom. The summed E-state index contributed by atoms with van der Waals surface area (Å²) in [4.78, 5) is 3.94. The van der Waals surface area contributed by atoms with Gasteiger partial charge in [-0.15, -0.1) is 0 Å². The van der Waals surface area contributed by atoms with Crippen molar-refractivity contribution in [1.29, 1.82) is 0 Å². The zero-order valence-corrected chi connectivity index (χ0v) is 9.70. The number of nitrogens with two attached hydrogens (primary N) is 1. The summed E-state index contributed by atoms with van der Waals surface area (Å²) < 4.78 is 14.2. The van der Waals surface area contributed by atoms with Gasteiger partial charge in [0.1, 0.15) is 24.0 Å². The minimum atomic E-state index is -0.556. The van der Waals surface area contributed by atoms with Crippen LogP contribution in [0.2, 0.25) is 0 Å². The van der Waals surface area contributed by atoms with Crippen molar-refractivity contribution in [3.05, 3.63) is 46.2 Å². The highest BCUT2D eigenvalue weighted by Gasteiger charge is 2.20. The van der Waals surface area contributed by atoms with Gasteiger partial charge in [0.15, 0.2) is 0 Å². The molecule has 0 radical (unpaired) electrons. The summed E-state index contributed by atoms with van der Waals surface area (Å²) in [6, 6.07) is 4.42. The first-order chi connectivity index (χ1) is 7.74. The van der Waals surface area contributed by atoms with Gasteiger partial charge in [0.25, 0.3) is 0 Å². The fourth-order valence-electron chi connectivity index (χ4n) is 1.41. The first-order valence-corrected chi connectivity index (χ1v) is 5.28. The number of aromatic amines is 1. The third kappa shape index (κ3) is 1.97. The number of benzene rings is 1. The van der Waals surface area contributed by atoms with Crippen molar-refractivity contribution in [1.82, 2.24) is 20.6 Å². The maximum atomic E-state index is 13.8. The van der Waals surface area contributed by atoms with Gasteiger partial charge in [-0.25, -0.2) is 14.8 Å². The molecule has 0 bridgehead atoms. The molecule has 0 spiro atoms. The Morgan fingerprint density at radius 2 is 2.31 bits per heavy atom. The molecule has 1 unspecified atom stereocenters. The summed E-state index contributed by atoms with van der Waals surface area (Å²) in [5, 5.41) is 6.35. The van der Waals surface area contributed by atoms with E-state index in [1.54, 1.807) is 18.2 Å². The third-order valence-corrected chi connectivity index (χ3v) is 2.78. The molecular formula is C9H9BrFN5. The molecule has 0 aliphatic rings. The van der Waals surface area contributed by atoms with Gasteiger partial charge in [0.05, 0.1) is 4.47 Å². The number of nitrogens with one attached hydrogen (secondary N) is 2. The number of hydrogen-bond donors (Lipinski definition) is 3. The van der Waals surface area contributed by atoms with Crippen LogP contribution in [0.25, 0.3) is 0 Å². The lowest BCUT2D eigenvalue weighted by atomic mass is 10.1. The Hall–Kier alpha value is -1.31. The zero-order chi connectivity index (χ0) is 11.5. The SMILES string of the molecule is NNC(c1ncn[nH]1)c1cccc(Br)c1F. The molecule has 84 valence electrons. The third-order valence-electron chi connectivity index (χ3n) is 2.17. The molecule has 0 fully saturated rings. The van der Waals surface area contributed by atoms with Gasteiger partial charge in [-0.05, 0) is 22.0 Å². The average Bonchev–Trinajstić information content (AvgIpc) is 2.79. The van der Waals surface area contributed by atoms with Crippen LogP contribution >= 0.6 is 15.9 Å². The molecule has 4 N–H and O–H groups in total. The smallest absolute Gasteiger partial charge is 0.147 e. The van der Waals surface area contributed by atoms with E-state index < -0.39 is 6.04 Å². The van der Waals surface area contributed by atoms with Crippen molar-refractivity contribution in [2.24, 2.45) is 5.84 Å². The summed E-state index contributed by atoms with van der Waals surface area (Å²) in [7, 11) is 0. The molecule has 16 heavy (non-hydrogen) atoms. The fraction of sp³-hybridized carbons (Fsp3) is 0.111. The fourth-order valence-corrected chi connectivity index (χ4v) is 1.79. The summed E-state index contributed by atoms with van der Waals surface area (Å²) in [5.41, 5.74) is 2.89. The number of hydrazine groups is 1. The monoisotopic (exact) mass is 285 g/mol. The second-order valence-electron chi connectivity index (χ2n) is 3.11. The van der Waals surface area contributed by atoms with Crippen LogP contribution in [0.3, 0.4) is 0 Å². The number of aromatic nitrogens is 3.